The average Bonchev–Trinajstić information content (AvgIpc) is 2.08. The van der Waals surface area contributed by atoms with Crippen molar-refractivity contribution in [2.75, 3.05) is 0 Å². The molecule has 0 aromatic rings. The summed E-state index contributed by atoms with van der Waals surface area (Å²) in [4.78, 5) is 10.8. The van der Waals surface area contributed by atoms with Crippen molar-refractivity contribution in [2.24, 2.45) is 11.7 Å². The third-order valence-electron chi connectivity index (χ3n) is 1.98. The SMILES string of the molecule is CC1\C=C(Br)/C=C(C(=O)O)\C(N)=C\C1. The van der Waals surface area contributed by atoms with Gasteiger partial charge in [0.15, 0.2) is 0 Å². The molecular weight excluding hydrogens is 246 g/mol. The maximum atomic E-state index is 10.8. The van der Waals surface area contributed by atoms with E-state index in [0.717, 1.165) is 10.9 Å². The van der Waals surface area contributed by atoms with Crippen LogP contribution in [0.1, 0.15) is 13.3 Å². The van der Waals surface area contributed by atoms with Gasteiger partial charge in [0.25, 0.3) is 0 Å². The zero-order valence-electron chi connectivity index (χ0n) is 7.83. The quantitative estimate of drug-likeness (QED) is 0.757. The largest absolute Gasteiger partial charge is 0.478 e. The molecule has 1 atom stereocenters. The number of carboxylic acid groups (broad SMARTS) is 1. The Bertz CT molecular complexity index is 342. The summed E-state index contributed by atoms with van der Waals surface area (Å²) >= 11 is 3.29. The van der Waals surface area contributed by atoms with Crippen molar-refractivity contribution < 1.29 is 9.90 Å². The van der Waals surface area contributed by atoms with Gasteiger partial charge in [-0.2, -0.15) is 0 Å². The highest BCUT2D eigenvalue weighted by Crippen LogP contribution is 2.21. The molecule has 0 bridgehead atoms. The third-order valence-corrected chi connectivity index (χ3v) is 2.47. The number of halogens is 1. The van der Waals surface area contributed by atoms with Crippen LogP contribution in [0, 0.1) is 5.92 Å². The van der Waals surface area contributed by atoms with Crippen molar-refractivity contribution in [2.45, 2.75) is 13.3 Å². The summed E-state index contributed by atoms with van der Waals surface area (Å²) in [6.07, 6.45) is 6.00. The number of rotatable bonds is 1. The molecule has 0 heterocycles. The maximum absolute atomic E-state index is 10.8. The van der Waals surface area contributed by atoms with Crippen molar-refractivity contribution in [1.82, 2.24) is 0 Å². The molecule has 1 rings (SSSR count). The molecule has 76 valence electrons. The molecule has 3 N–H and O–H groups in total. The van der Waals surface area contributed by atoms with Crippen LogP contribution in [0.2, 0.25) is 0 Å². The molecule has 0 saturated carbocycles. The van der Waals surface area contributed by atoms with Crippen LogP contribution in [0.3, 0.4) is 0 Å². The second-order valence-electron chi connectivity index (χ2n) is 3.29. The minimum atomic E-state index is -1.00. The monoisotopic (exact) mass is 257 g/mol. The minimum absolute atomic E-state index is 0.139. The predicted molar refractivity (Wildman–Crippen MR) is 58.8 cm³/mol. The van der Waals surface area contributed by atoms with Crippen LogP contribution in [0.15, 0.2) is 34.0 Å². The zero-order chi connectivity index (χ0) is 10.7. The lowest BCUT2D eigenvalue weighted by atomic mass is 10.0. The van der Waals surface area contributed by atoms with Gasteiger partial charge in [0.1, 0.15) is 0 Å². The van der Waals surface area contributed by atoms with E-state index in [1.165, 1.54) is 6.08 Å². The van der Waals surface area contributed by atoms with E-state index in [1.807, 2.05) is 13.0 Å². The first-order valence-corrected chi connectivity index (χ1v) is 5.08. The number of hydrogen-bond acceptors (Lipinski definition) is 2. The van der Waals surface area contributed by atoms with Gasteiger partial charge in [-0.1, -0.05) is 35.0 Å². The fourth-order valence-electron chi connectivity index (χ4n) is 1.22. The summed E-state index contributed by atoms with van der Waals surface area (Å²) in [6.45, 7) is 2.05. The molecule has 0 aromatic heterocycles. The van der Waals surface area contributed by atoms with Gasteiger partial charge in [0.2, 0.25) is 0 Å². The standard InChI is InChI=1S/C10H12BrNO2/c1-6-2-3-9(12)8(10(13)14)5-7(11)4-6/h3-6H,2,12H2,1H3,(H,13,14)/b7-4+,8-5+,9-3-. The van der Waals surface area contributed by atoms with Crippen LogP contribution in [0.4, 0.5) is 0 Å². The van der Waals surface area contributed by atoms with Gasteiger partial charge in [0.05, 0.1) is 5.57 Å². The first-order valence-electron chi connectivity index (χ1n) is 4.29. The summed E-state index contributed by atoms with van der Waals surface area (Å²) < 4.78 is 0.762. The normalized spacial score (nSPS) is 33.9. The molecule has 14 heavy (non-hydrogen) atoms. The molecule has 4 heteroatoms. The highest BCUT2D eigenvalue weighted by Gasteiger charge is 2.13. The van der Waals surface area contributed by atoms with Gasteiger partial charge in [-0.05, 0) is 18.4 Å². The van der Waals surface area contributed by atoms with E-state index in [1.54, 1.807) is 6.08 Å². The Morgan fingerprint density at radius 3 is 2.93 bits per heavy atom. The van der Waals surface area contributed by atoms with Gasteiger partial charge in [-0.15, -0.1) is 0 Å². The van der Waals surface area contributed by atoms with E-state index in [9.17, 15) is 4.79 Å². The van der Waals surface area contributed by atoms with Gasteiger partial charge in [0, 0.05) is 10.2 Å². The molecule has 3 nitrogen and oxygen atoms in total. The Morgan fingerprint density at radius 2 is 2.36 bits per heavy atom. The molecule has 0 radical (unpaired) electrons. The lowest BCUT2D eigenvalue weighted by Crippen LogP contribution is -2.12. The fraction of sp³-hybridized carbons (Fsp3) is 0.300. The lowest BCUT2D eigenvalue weighted by molar-refractivity contribution is -0.132. The molecule has 0 saturated heterocycles. The fourth-order valence-corrected chi connectivity index (χ4v) is 1.90. The molecule has 0 aromatic carbocycles. The summed E-state index contributed by atoms with van der Waals surface area (Å²) in [5.74, 6) is -0.645. The first kappa shape index (κ1) is 11.0. The third kappa shape index (κ3) is 2.73. The molecule has 0 spiro atoms. The Kier molecular flexibility index (Phi) is 3.52. The minimum Gasteiger partial charge on any atom is -0.478 e. The summed E-state index contributed by atoms with van der Waals surface area (Å²) in [5, 5.41) is 8.87. The summed E-state index contributed by atoms with van der Waals surface area (Å²) in [5.41, 5.74) is 6.10. The summed E-state index contributed by atoms with van der Waals surface area (Å²) in [6, 6.07) is 0. The number of carbonyl (C=O) groups is 1. The van der Waals surface area contributed by atoms with Crippen LogP contribution in [-0.2, 0) is 4.79 Å². The van der Waals surface area contributed by atoms with E-state index < -0.39 is 5.97 Å². The van der Waals surface area contributed by atoms with Crippen molar-refractivity contribution in [3.8, 4) is 0 Å². The van der Waals surface area contributed by atoms with Crippen LogP contribution in [0.25, 0.3) is 0 Å². The maximum Gasteiger partial charge on any atom is 0.337 e. The molecule has 0 aliphatic heterocycles. The Hall–Kier alpha value is -1.03. The topological polar surface area (TPSA) is 63.3 Å². The number of nitrogens with two attached hydrogens (primary N) is 1. The van der Waals surface area contributed by atoms with E-state index in [4.69, 9.17) is 10.8 Å². The molecule has 1 aliphatic carbocycles. The van der Waals surface area contributed by atoms with E-state index in [2.05, 4.69) is 15.9 Å². The number of allylic oxidation sites excluding steroid dienone is 4. The Labute approximate surface area is 91.1 Å². The van der Waals surface area contributed by atoms with E-state index in [-0.39, 0.29) is 5.57 Å². The second kappa shape index (κ2) is 4.46. The second-order valence-corrected chi connectivity index (χ2v) is 4.20. The van der Waals surface area contributed by atoms with Crippen molar-refractivity contribution in [3.05, 3.63) is 34.0 Å². The summed E-state index contributed by atoms with van der Waals surface area (Å²) in [7, 11) is 0. The van der Waals surface area contributed by atoms with Crippen molar-refractivity contribution >= 4 is 21.9 Å². The zero-order valence-corrected chi connectivity index (χ0v) is 9.41. The van der Waals surface area contributed by atoms with Crippen LogP contribution in [-0.4, -0.2) is 11.1 Å². The molecule has 1 aliphatic rings. The highest BCUT2D eigenvalue weighted by atomic mass is 79.9. The van der Waals surface area contributed by atoms with E-state index >= 15 is 0 Å². The van der Waals surface area contributed by atoms with Crippen LogP contribution >= 0.6 is 15.9 Å². The smallest absolute Gasteiger partial charge is 0.337 e. The highest BCUT2D eigenvalue weighted by molar-refractivity contribution is 9.11. The molecule has 0 fully saturated rings. The number of hydrogen-bond donors (Lipinski definition) is 2. The lowest BCUT2D eigenvalue weighted by Gasteiger charge is -2.10. The molecule has 0 amide bonds. The van der Waals surface area contributed by atoms with Crippen molar-refractivity contribution in [1.29, 1.82) is 0 Å². The molecule has 1 unspecified atom stereocenters. The first-order chi connectivity index (χ1) is 6.50. The Balaban J connectivity index is 3.13. The van der Waals surface area contributed by atoms with Gasteiger partial charge >= 0.3 is 5.97 Å². The predicted octanol–water partition coefficient (Wildman–Crippen LogP) is 2.16. The van der Waals surface area contributed by atoms with Crippen LogP contribution in [0.5, 0.6) is 0 Å². The van der Waals surface area contributed by atoms with Crippen LogP contribution < -0.4 is 5.73 Å². The van der Waals surface area contributed by atoms with E-state index in [0.29, 0.717) is 11.6 Å². The number of carboxylic acids is 1. The average molecular weight is 258 g/mol. The molecular formula is C10H12BrNO2. The van der Waals surface area contributed by atoms with Gasteiger partial charge in [-0.25, -0.2) is 4.79 Å². The van der Waals surface area contributed by atoms with Gasteiger partial charge < -0.3 is 10.8 Å². The van der Waals surface area contributed by atoms with Crippen molar-refractivity contribution in [3.63, 3.8) is 0 Å². The number of aliphatic carboxylic acids is 1. The van der Waals surface area contributed by atoms with Gasteiger partial charge in [-0.3, -0.25) is 0 Å². The Morgan fingerprint density at radius 1 is 1.71 bits per heavy atom.